The van der Waals surface area contributed by atoms with Crippen molar-refractivity contribution in [1.82, 2.24) is 9.97 Å². The lowest BCUT2D eigenvalue weighted by atomic mass is 10.1. The molecular formula is C25H31N3O3. The summed E-state index contributed by atoms with van der Waals surface area (Å²) in [6, 6.07) is 14.1. The normalized spacial score (nSPS) is 17.4. The van der Waals surface area contributed by atoms with E-state index in [9.17, 15) is 0 Å². The molecule has 0 bridgehead atoms. The summed E-state index contributed by atoms with van der Waals surface area (Å²) in [7, 11) is 0. The number of anilines is 1. The first-order chi connectivity index (χ1) is 15.2. The van der Waals surface area contributed by atoms with Gasteiger partial charge in [-0.05, 0) is 69.0 Å². The van der Waals surface area contributed by atoms with E-state index >= 15 is 0 Å². The van der Waals surface area contributed by atoms with Crippen molar-refractivity contribution in [2.75, 3.05) is 25.1 Å². The zero-order valence-corrected chi connectivity index (χ0v) is 18.3. The second-order valence-electron chi connectivity index (χ2n) is 7.79. The molecule has 0 radical (unpaired) electrons. The maximum Gasteiger partial charge on any atom is 0.158 e. The highest BCUT2D eigenvalue weighted by Crippen LogP contribution is 2.25. The molecule has 1 saturated heterocycles. The molecule has 31 heavy (non-hydrogen) atoms. The third kappa shape index (κ3) is 5.71. The van der Waals surface area contributed by atoms with Gasteiger partial charge in [-0.25, -0.2) is 9.97 Å². The summed E-state index contributed by atoms with van der Waals surface area (Å²) < 4.78 is 17.8. The summed E-state index contributed by atoms with van der Waals surface area (Å²) in [5.41, 5.74) is 2.83. The highest BCUT2D eigenvalue weighted by molar-refractivity contribution is 5.82. The first-order valence-electron chi connectivity index (χ1n) is 11.3. The van der Waals surface area contributed by atoms with E-state index in [2.05, 4.69) is 30.2 Å². The fourth-order valence-corrected chi connectivity index (χ4v) is 3.66. The lowest BCUT2D eigenvalue weighted by Crippen LogP contribution is -2.31. The Labute approximate surface area is 184 Å². The third-order valence-corrected chi connectivity index (χ3v) is 5.45. The van der Waals surface area contributed by atoms with Gasteiger partial charge in [0.25, 0.3) is 0 Å². The molecule has 0 amide bonds. The molecule has 2 atom stereocenters. The standard InChI is InChI=1S/C25H31N3O3/c1-3-20(31-25-7-5-6-14-29-25)17-30-21-10-12-22-18(15-21)8-11-23(28-22)19-9-13-24(26-4-2)27-16-19/h8-13,15-16,20,25H,3-7,14,17H2,1-2H3,(H,26,27). The molecule has 6 nitrogen and oxygen atoms in total. The molecule has 0 aliphatic carbocycles. The fraction of sp³-hybridized carbons (Fsp3) is 0.440. The van der Waals surface area contributed by atoms with E-state index in [0.717, 1.165) is 72.6 Å². The number of nitrogens with one attached hydrogen (secondary N) is 1. The Morgan fingerprint density at radius 1 is 1.13 bits per heavy atom. The van der Waals surface area contributed by atoms with Gasteiger partial charge in [0.15, 0.2) is 6.29 Å². The van der Waals surface area contributed by atoms with Gasteiger partial charge < -0.3 is 19.5 Å². The number of rotatable bonds is 9. The Hall–Kier alpha value is -2.70. The minimum Gasteiger partial charge on any atom is -0.491 e. The Morgan fingerprint density at radius 3 is 2.81 bits per heavy atom. The SMILES string of the molecule is CCNc1ccc(-c2ccc3cc(OCC(CC)OC4CCCCO4)ccc3n2)cn1. The minimum absolute atomic E-state index is 0.0250. The summed E-state index contributed by atoms with van der Waals surface area (Å²) in [4.78, 5) is 9.23. The molecule has 1 fully saturated rings. The number of nitrogens with zero attached hydrogens (tertiary/aromatic N) is 2. The predicted molar refractivity (Wildman–Crippen MR) is 123 cm³/mol. The molecule has 1 aromatic carbocycles. The number of hydrogen-bond donors (Lipinski definition) is 1. The Bertz CT molecular complexity index is 971. The number of aromatic nitrogens is 2. The van der Waals surface area contributed by atoms with Crippen LogP contribution in [-0.4, -0.2) is 42.1 Å². The van der Waals surface area contributed by atoms with E-state index in [0.29, 0.717) is 6.61 Å². The van der Waals surface area contributed by atoms with Gasteiger partial charge in [-0.1, -0.05) is 13.0 Å². The van der Waals surface area contributed by atoms with E-state index in [4.69, 9.17) is 19.2 Å². The zero-order chi connectivity index (χ0) is 21.5. The second kappa shape index (κ2) is 10.6. The zero-order valence-electron chi connectivity index (χ0n) is 18.3. The highest BCUT2D eigenvalue weighted by atomic mass is 16.7. The number of benzene rings is 1. The highest BCUT2D eigenvalue weighted by Gasteiger charge is 2.19. The topological polar surface area (TPSA) is 65.5 Å². The molecule has 164 valence electrons. The quantitative estimate of drug-likeness (QED) is 0.497. The molecule has 2 aromatic heterocycles. The number of fused-ring (bicyclic) bond motifs is 1. The lowest BCUT2D eigenvalue weighted by Gasteiger charge is -2.27. The average molecular weight is 422 g/mol. The monoisotopic (exact) mass is 421 g/mol. The van der Waals surface area contributed by atoms with Crippen LogP contribution < -0.4 is 10.1 Å². The van der Waals surface area contributed by atoms with Crippen LogP contribution in [0, 0.1) is 0 Å². The van der Waals surface area contributed by atoms with Gasteiger partial charge in [-0.2, -0.15) is 0 Å². The van der Waals surface area contributed by atoms with Crippen molar-refractivity contribution < 1.29 is 14.2 Å². The van der Waals surface area contributed by atoms with Gasteiger partial charge in [-0.3, -0.25) is 0 Å². The van der Waals surface area contributed by atoms with Crippen LogP contribution in [0.25, 0.3) is 22.2 Å². The van der Waals surface area contributed by atoms with Crippen molar-refractivity contribution in [3.63, 3.8) is 0 Å². The molecule has 6 heteroatoms. The van der Waals surface area contributed by atoms with E-state index < -0.39 is 0 Å². The fourth-order valence-electron chi connectivity index (χ4n) is 3.66. The average Bonchev–Trinajstić information content (AvgIpc) is 2.82. The number of pyridine rings is 2. The molecule has 1 aliphatic heterocycles. The van der Waals surface area contributed by atoms with Crippen LogP contribution >= 0.6 is 0 Å². The molecule has 1 aliphatic rings. The van der Waals surface area contributed by atoms with Gasteiger partial charge in [0, 0.05) is 30.3 Å². The lowest BCUT2D eigenvalue weighted by molar-refractivity contribution is -0.193. The molecule has 0 saturated carbocycles. The van der Waals surface area contributed by atoms with Crippen molar-refractivity contribution in [3.8, 4) is 17.0 Å². The van der Waals surface area contributed by atoms with Crippen LogP contribution in [0.3, 0.4) is 0 Å². The van der Waals surface area contributed by atoms with E-state index in [1.807, 2.05) is 42.6 Å². The predicted octanol–water partition coefficient (Wildman–Crippen LogP) is 5.43. The minimum atomic E-state index is -0.0946. The smallest absolute Gasteiger partial charge is 0.158 e. The van der Waals surface area contributed by atoms with Crippen LogP contribution in [0.1, 0.15) is 39.5 Å². The molecule has 3 aromatic rings. The van der Waals surface area contributed by atoms with Crippen LogP contribution in [0.5, 0.6) is 5.75 Å². The first kappa shape index (κ1) is 21.5. The van der Waals surface area contributed by atoms with Crippen molar-refractivity contribution in [2.24, 2.45) is 0 Å². The van der Waals surface area contributed by atoms with E-state index in [1.54, 1.807) is 0 Å². The molecule has 3 heterocycles. The Kier molecular flexibility index (Phi) is 7.33. The summed E-state index contributed by atoms with van der Waals surface area (Å²) in [6.07, 6.45) is 5.92. The number of ether oxygens (including phenoxy) is 3. The van der Waals surface area contributed by atoms with Crippen molar-refractivity contribution in [1.29, 1.82) is 0 Å². The number of hydrogen-bond acceptors (Lipinski definition) is 6. The Morgan fingerprint density at radius 2 is 2.06 bits per heavy atom. The van der Waals surface area contributed by atoms with Crippen molar-refractivity contribution in [2.45, 2.75) is 51.9 Å². The summed E-state index contributed by atoms with van der Waals surface area (Å²) in [5, 5.41) is 4.25. The summed E-state index contributed by atoms with van der Waals surface area (Å²) in [5.74, 6) is 1.70. The second-order valence-corrected chi connectivity index (χ2v) is 7.79. The third-order valence-electron chi connectivity index (χ3n) is 5.45. The largest absolute Gasteiger partial charge is 0.491 e. The van der Waals surface area contributed by atoms with E-state index in [1.165, 1.54) is 0 Å². The Balaban J connectivity index is 1.40. The van der Waals surface area contributed by atoms with Gasteiger partial charge in [0.1, 0.15) is 18.2 Å². The maximum atomic E-state index is 6.07. The van der Waals surface area contributed by atoms with Crippen LogP contribution in [0.2, 0.25) is 0 Å². The van der Waals surface area contributed by atoms with Crippen LogP contribution in [-0.2, 0) is 9.47 Å². The summed E-state index contributed by atoms with van der Waals surface area (Å²) in [6.45, 7) is 6.32. The van der Waals surface area contributed by atoms with Gasteiger partial charge in [0.2, 0.25) is 0 Å². The van der Waals surface area contributed by atoms with E-state index in [-0.39, 0.29) is 12.4 Å². The molecule has 2 unspecified atom stereocenters. The first-order valence-corrected chi connectivity index (χ1v) is 11.3. The molecular weight excluding hydrogens is 390 g/mol. The molecule has 0 spiro atoms. The van der Waals surface area contributed by atoms with Crippen molar-refractivity contribution in [3.05, 3.63) is 48.7 Å². The molecule has 1 N–H and O–H groups in total. The van der Waals surface area contributed by atoms with Crippen molar-refractivity contribution >= 4 is 16.7 Å². The van der Waals surface area contributed by atoms with Gasteiger partial charge in [0.05, 0.1) is 17.3 Å². The van der Waals surface area contributed by atoms with Gasteiger partial charge >= 0.3 is 0 Å². The summed E-state index contributed by atoms with van der Waals surface area (Å²) >= 11 is 0. The van der Waals surface area contributed by atoms with Crippen LogP contribution in [0.15, 0.2) is 48.7 Å². The van der Waals surface area contributed by atoms with Crippen LogP contribution in [0.4, 0.5) is 5.82 Å². The van der Waals surface area contributed by atoms with Gasteiger partial charge in [-0.15, -0.1) is 0 Å². The molecule has 4 rings (SSSR count). The maximum absolute atomic E-state index is 6.07.